The van der Waals surface area contributed by atoms with E-state index in [-0.39, 0.29) is 127 Å². The Bertz CT molecular complexity index is 5520. The number of amides is 8. The fourth-order valence-electron chi connectivity index (χ4n) is 11.8. The number of β-lactam (4-membered cyclic amide) rings is 5. The van der Waals surface area contributed by atoms with Crippen molar-refractivity contribution in [1.82, 2.24) is 88.9 Å². The molecule has 47 nitrogen and oxygen atoms in total. The Hall–Kier alpha value is -9.18. The summed E-state index contributed by atoms with van der Waals surface area (Å²) in [6, 6.07) is -3.65. The second-order valence-corrected chi connectivity index (χ2v) is 43.1. The quantitative estimate of drug-likeness (QED) is 0.0119. The molecule has 0 aromatic carbocycles. The zero-order valence-electron chi connectivity index (χ0n) is 67.8. The number of anilines is 5. The van der Waals surface area contributed by atoms with Gasteiger partial charge in [0.2, 0.25) is 27.7 Å². The normalized spacial score (nSPS) is 23.0. The van der Waals surface area contributed by atoms with Gasteiger partial charge in [-0.1, -0.05) is 86.0 Å². The number of aromatic nitrogens is 10. The van der Waals surface area contributed by atoms with Crippen LogP contribution < -0.4 is 61.2 Å². The van der Waals surface area contributed by atoms with Gasteiger partial charge in [0.25, 0.3) is 41.4 Å². The van der Waals surface area contributed by atoms with E-state index in [1.165, 1.54) is 98.9 Å². The van der Waals surface area contributed by atoms with Crippen LogP contribution in [0.5, 0.6) is 0 Å². The molecule has 128 heavy (non-hydrogen) atoms. The molecule has 10 aliphatic heterocycles. The lowest BCUT2D eigenvalue weighted by Gasteiger charge is -2.49. The maximum absolute atomic E-state index is 12.7. The highest BCUT2D eigenvalue weighted by atomic mass is 35.5. The van der Waals surface area contributed by atoms with Gasteiger partial charge in [-0.3, -0.25) is 77.9 Å². The fraction of sp³-hybridized carbons (Fsp3) is 0.446. The van der Waals surface area contributed by atoms with E-state index in [0.29, 0.717) is 46.4 Å². The smallest absolute Gasteiger partial charge is 0.356 e. The number of nitrogens with two attached hydrogens (primary N) is 6. The van der Waals surface area contributed by atoms with Crippen LogP contribution in [0, 0.1) is 3.95 Å². The number of halogens is 4. The summed E-state index contributed by atoms with van der Waals surface area (Å²) < 4.78 is 28.8. The number of fused-ring (bicyclic) bond motifs is 5. The molecule has 8 amide bonds. The first-order chi connectivity index (χ1) is 59.9. The summed E-state index contributed by atoms with van der Waals surface area (Å²) >= 11 is 41.7. The lowest BCUT2D eigenvalue weighted by atomic mass is 10.0. The number of nitrogen functional groups attached to an aromatic ring is 5. The zero-order valence-corrected chi connectivity index (χ0v) is 80.7. The van der Waals surface area contributed by atoms with Crippen molar-refractivity contribution in [2.24, 2.45) is 20.9 Å². The number of aliphatic carboxylic acids is 2. The van der Waals surface area contributed by atoms with E-state index in [1.54, 1.807) is 62.3 Å². The van der Waals surface area contributed by atoms with Gasteiger partial charge in [0.15, 0.2) is 52.8 Å². The predicted octanol–water partition coefficient (Wildman–Crippen LogP) is 0.199. The standard InChI is InChI=1S/2C16H19ClN6O4S2.C13H11N9O5S4.C11H15ClN2O3S.C7H7ClN2O3S.C2H3N3S2/c2*1-16(2,3)27-14(26)9-6(17)5-28-13-8(12(25)23(9)13)20-11(24)7(19-4)10-21-15(18)29-22-10;14-11-17-6(21-31-11)3(20-27)7(23)16-4-8(24)22-5(10(25)26)2(1-28-9(4)22)29-13-19-18-12(15)30-13;1-11(2,3)17-10(16)7-5(12)4-18-9-6(13)8(15)14(7)9;8-2-1-14-6-3(9)5(11)10(6)4(2)7(12)13;3-1-4-5-2(6)7-1/h2*8,13H,5H2,1-4H3,(H,20,24)(H2,18,21,22);4,9,27H,1H2,(H2,15,18)(H,16,23)(H,25,26)(H2,14,17,21);6,9H,4,13H2,1-3H3;3,6H,1,9H2,(H,12,13);(H2,3,4)(H,5,6)/b;;20-3-;;;/t2*8-,13?;4-,9?;6-,9?;3-,6?;/m11111./s1. The molecular weight excluding hydrogens is 2000 g/mol. The monoisotopic (exact) mass is 2070 g/mol. The molecule has 5 unspecified atom stereocenters. The van der Waals surface area contributed by atoms with Crippen LogP contribution in [0.4, 0.5) is 25.7 Å². The van der Waals surface area contributed by atoms with Crippen LogP contribution >= 0.6 is 186 Å². The number of ether oxygens (including phenoxy) is 3. The van der Waals surface area contributed by atoms with Gasteiger partial charge < -0.3 is 90.5 Å². The van der Waals surface area contributed by atoms with Gasteiger partial charge in [0, 0.05) is 82.4 Å². The third-order valence-corrected chi connectivity index (χ3v) is 30.0. The van der Waals surface area contributed by atoms with Gasteiger partial charge in [0.1, 0.15) is 90.6 Å². The molecule has 688 valence electrons. The number of oxime groups is 1. The molecule has 5 saturated heterocycles. The van der Waals surface area contributed by atoms with Crippen molar-refractivity contribution >= 4 is 306 Å². The summed E-state index contributed by atoms with van der Waals surface area (Å²) in [5.41, 5.74) is 33.7. The van der Waals surface area contributed by atoms with Crippen LogP contribution in [-0.4, -0.2) is 294 Å². The number of H-pyrrole nitrogens is 1. The van der Waals surface area contributed by atoms with Crippen LogP contribution in [0.15, 0.2) is 73.0 Å². The van der Waals surface area contributed by atoms with Gasteiger partial charge in [0.05, 0.1) is 31.8 Å². The summed E-state index contributed by atoms with van der Waals surface area (Å²) in [6.45, 7) is 15.6. The minimum atomic E-state index is -1.40. The first kappa shape index (κ1) is 101. The molecule has 15 heterocycles. The molecule has 10 aliphatic rings. The first-order valence-corrected chi connectivity index (χ1v) is 48.0. The summed E-state index contributed by atoms with van der Waals surface area (Å²) in [7, 11) is 2.83. The number of carbonyl (C=O) groups excluding carboxylic acids is 12. The van der Waals surface area contributed by atoms with E-state index in [2.05, 4.69) is 97.5 Å². The van der Waals surface area contributed by atoms with Crippen molar-refractivity contribution in [3.8, 4) is 0 Å². The number of nitrogens with zero attached hydrogens (tertiary/aromatic N) is 17. The summed E-state index contributed by atoms with van der Waals surface area (Å²) in [4.78, 5) is 185. The molecule has 0 radical (unpaired) electrons. The minimum absolute atomic E-state index is 0.0131. The highest BCUT2D eigenvalue weighted by Crippen LogP contribution is 2.48. The molecule has 0 aliphatic carbocycles. The molecule has 10 atom stereocenters. The second kappa shape index (κ2) is 41.5. The van der Waals surface area contributed by atoms with E-state index in [0.717, 1.165) is 67.5 Å². The Morgan fingerprint density at radius 1 is 0.516 bits per heavy atom. The molecule has 0 spiro atoms. The molecule has 5 aromatic heterocycles. The van der Waals surface area contributed by atoms with Gasteiger partial charge in [-0.05, 0) is 74.5 Å². The zero-order chi connectivity index (χ0) is 94.7. The lowest BCUT2D eigenvalue weighted by molar-refractivity contribution is -0.424. The first-order valence-electron chi connectivity index (χ1n) is 36.1. The number of aliphatic imine (C=N–C) groups is 2. The van der Waals surface area contributed by atoms with Gasteiger partial charge in [-0.15, -0.1) is 74.1 Å². The maximum Gasteiger partial charge on any atom is 0.356 e. The minimum Gasteiger partial charge on any atom is -0.543 e. The molecule has 0 bridgehead atoms. The van der Waals surface area contributed by atoms with Crippen molar-refractivity contribution in [3.63, 3.8) is 0 Å². The average molecular weight is 2080 g/mol. The largest absolute Gasteiger partial charge is 0.543 e. The maximum atomic E-state index is 12.7. The summed E-state index contributed by atoms with van der Waals surface area (Å²) in [5, 5.41) is 53.9. The Morgan fingerprint density at radius 3 is 1.19 bits per heavy atom. The Balaban J connectivity index is 0.000000167. The van der Waals surface area contributed by atoms with E-state index >= 15 is 0 Å². The van der Waals surface area contributed by atoms with Gasteiger partial charge in [-0.2, -0.15) is 28.1 Å². The second-order valence-electron chi connectivity index (χ2n) is 29.3. The lowest BCUT2D eigenvalue weighted by Crippen LogP contribution is -2.83. The fourth-order valence-corrected chi connectivity index (χ4v) is 23.2. The SMILES string of the molecule is CC(C)(C)OC(=O)C1=C(Cl)CSC2[C@H](N)C(=O)N12.CN=C(C(=O)N[C@@H]1C(=O)N2C(C(=O)OC(C)(C)C)=C(Cl)CSC12)c1nsc(N)n1.CN=C(C(=O)N[C@@H]1C(=O)N2C(C(=O)OC(C)(C)C)=C(Cl)CSC12)c1nsc(N)n1.Nc1n[nH]c(=S)s1.Nc1nc(/C(=N/O)C(=O)N[C@@H]2C(=O)N3C(C(=O)O)=C(Sc4nnc(N)s4)CSC23)ns1.[NH3+][C@@H]1C(=O)N2C(C(=O)[O-])=C(Cl)CSC12. The van der Waals surface area contributed by atoms with Crippen molar-refractivity contribution in [1.29, 1.82) is 0 Å². The highest BCUT2D eigenvalue weighted by molar-refractivity contribution is 8.07. The van der Waals surface area contributed by atoms with E-state index in [4.69, 9.17) is 100 Å². The van der Waals surface area contributed by atoms with Crippen LogP contribution in [-0.2, 0) is 76.5 Å². The molecular formula is C65H74Cl4N28O19S12. The van der Waals surface area contributed by atoms with Crippen LogP contribution in [0.1, 0.15) is 79.8 Å². The number of nitrogens with one attached hydrogen (secondary N) is 4. The van der Waals surface area contributed by atoms with Crippen LogP contribution in [0.2, 0.25) is 0 Å². The van der Waals surface area contributed by atoms with Crippen LogP contribution in [0.3, 0.4) is 0 Å². The van der Waals surface area contributed by atoms with Crippen molar-refractivity contribution in [2.75, 3.05) is 71.5 Å². The molecule has 5 fully saturated rings. The van der Waals surface area contributed by atoms with E-state index < -0.39 is 128 Å². The third-order valence-electron chi connectivity index (χ3n) is 17.0. The number of esters is 3. The molecule has 0 saturated carbocycles. The highest BCUT2D eigenvalue weighted by Gasteiger charge is 2.59. The number of carboxylic acid groups (broad SMARTS) is 2. The molecule has 15 rings (SSSR count). The topological polar surface area (TPSA) is 718 Å². The molecule has 5 aromatic rings. The number of aromatic amines is 1. The summed E-state index contributed by atoms with van der Waals surface area (Å²) in [6.07, 6.45) is 0. The van der Waals surface area contributed by atoms with Crippen molar-refractivity contribution in [2.45, 2.75) is 141 Å². The van der Waals surface area contributed by atoms with Crippen molar-refractivity contribution in [3.05, 3.63) is 74.9 Å². The molecule has 63 heteroatoms. The summed E-state index contributed by atoms with van der Waals surface area (Å²) in [5.74, 6) is -7.13. The number of carbonyl (C=O) groups is 13. The van der Waals surface area contributed by atoms with E-state index in [1.807, 2.05) is 0 Å². The number of thioether (sulfide) groups is 6. The number of quaternary nitrogens is 1. The Kier molecular flexibility index (Phi) is 32.7. The van der Waals surface area contributed by atoms with E-state index in [9.17, 15) is 72.5 Å². The third kappa shape index (κ3) is 22.9. The number of hydrogen-bond donors (Lipinski definition) is 13. The molecule has 21 N–H and O–H groups in total. The predicted molar refractivity (Wildman–Crippen MR) is 483 cm³/mol. The van der Waals surface area contributed by atoms with Gasteiger partial charge in [-0.25, -0.2) is 19.2 Å². The Labute approximate surface area is 794 Å². The number of carboxylic acids is 2. The van der Waals surface area contributed by atoms with Gasteiger partial charge >= 0.3 is 23.9 Å². The average Bonchev–Trinajstić information content (AvgIpc) is 0.933. The number of hydrogen-bond acceptors (Lipinski definition) is 48. The Morgan fingerprint density at radius 2 is 0.867 bits per heavy atom. The van der Waals surface area contributed by atoms with Crippen LogP contribution in [0.25, 0.3) is 0 Å². The number of rotatable bonds is 16. The van der Waals surface area contributed by atoms with Crippen molar-refractivity contribution < 1.29 is 97.7 Å².